The summed E-state index contributed by atoms with van der Waals surface area (Å²) in [5.41, 5.74) is 1.29. The van der Waals surface area contributed by atoms with Crippen molar-refractivity contribution >= 4 is 27.3 Å². The number of rotatable bonds is 6. The fourth-order valence-electron chi connectivity index (χ4n) is 1.60. The summed E-state index contributed by atoms with van der Waals surface area (Å²) in [6.07, 6.45) is 5.88. The van der Waals surface area contributed by atoms with Crippen LogP contribution in [-0.2, 0) is 12.8 Å². The first kappa shape index (κ1) is 12.7. The number of nitrogens with one attached hydrogen (secondary N) is 1. The van der Waals surface area contributed by atoms with E-state index >= 15 is 0 Å². The monoisotopic (exact) mass is 310 g/mol. The van der Waals surface area contributed by atoms with Crippen molar-refractivity contribution in [3.8, 4) is 0 Å². The zero-order chi connectivity index (χ0) is 11.9. The summed E-state index contributed by atoms with van der Waals surface area (Å²) in [6.45, 7) is 2.05. The summed E-state index contributed by atoms with van der Waals surface area (Å²) in [5.74, 6) is 0. The minimum Gasteiger partial charge on any atom is -0.316 e. The van der Waals surface area contributed by atoms with E-state index in [-0.39, 0.29) is 0 Å². The van der Waals surface area contributed by atoms with Crippen molar-refractivity contribution in [2.45, 2.75) is 12.8 Å². The molecule has 1 N–H and O–H groups in total. The standard InChI is InChI=1S/C13H15BrN2S/c14-13-4-3-12(17-13)6-9-15-8-5-11-2-1-7-16-10-11/h1-4,7,10,15H,5-6,8-9H2. The lowest BCUT2D eigenvalue weighted by Gasteiger charge is -2.03. The van der Waals surface area contributed by atoms with Gasteiger partial charge in [-0.2, -0.15) is 0 Å². The Morgan fingerprint density at radius 2 is 2.06 bits per heavy atom. The maximum atomic E-state index is 4.10. The lowest BCUT2D eigenvalue weighted by Crippen LogP contribution is -2.19. The maximum absolute atomic E-state index is 4.10. The average molecular weight is 311 g/mol. The molecule has 2 rings (SSSR count). The Labute approximate surface area is 114 Å². The van der Waals surface area contributed by atoms with Crippen LogP contribution >= 0.6 is 27.3 Å². The molecule has 0 unspecified atom stereocenters. The van der Waals surface area contributed by atoms with Gasteiger partial charge in [0.1, 0.15) is 0 Å². The van der Waals surface area contributed by atoms with Crippen molar-refractivity contribution < 1.29 is 0 Å². The Balaban J connectivity index is 1.61. The van der Waals surface area contributed by atoms with Gasteiger partial charge < -0.3 is 5.32 Å². The van der Waals surface area contributed by atoms with Gasteiger partial charge in [-0.15, -0.1) is 11.3 Å². The van der Waals surface area contributed by atoms with Crippen LogP contribution in [-0.4, -0.2) is 18.1 Å². The second kappa shape index (κ2) is 6.89. The quantitative estimate of drug-likeness (QED) is 0.828. The Morgan fingerprint density at radius 1 is 1.18 bits per heavy atom. The van der Waals surface area contributed by atoms with Crippen LogP contribution in [0.1, 0.15) is 10.4 Å². The van der Waals surface area contributed by atoms with E-state index in [9.17, 15) is 0 Å². The van der Waals surface area contributed by atoms with Crippen LogP contribution in [0.5, 0.6) is 0 Å². The summed E-state index contributed by atoms with van der Waals surface area (Å²) in [7, 11) is 0. The largest absolute Gasteiger partial charge is 0.316 e. The van der Waals surface area contributed by atoms with Crippen molar-refractivity contribution in [2.24, 2.45) is 0 Å². The van der Waals surface area contributed by atoms with E-state index in [0.717, 1.165) is 25.9 Å². The molecule has 0 saturated heterocycles. The van der Waals surface area contributed by atoms with E-state index in [1.807, 2.05) is 29.8 Å². The highest BCUT2D eigenvalue weighted by molar-refractivity contribution is 9.11. The molecule has 0 atom stereocenters. The summed E-state index contributed by atoms with van der Waals surface area (Å²) < 4.78 is 1.21. The second-order valence-corrected chi connectivity index (χ2v) is 6.36. The van der Waals surface area contributed by atoms with Crippen molar-refractivity contribution in [3.05, 3.63) is 50.9 Å². The Kier molecular flexibility index (Phi) is 5.16. The molecule has 2 aromatic heterocycles. The molecule has 0 aliphatic carbocycles. The second-order valence-electron chi connectivity index (χ2n) is 3.82. The zero-order valence-electron chi connectivity index (χ0n) is 9.53. The third kappa shape index (κ3) is 4.58. The van der Waals surface area contributed by atoms with Gasteiger partial charge in [0.15, 0.2) is 0 Å². The molecule has 0 fully saturated rings. The highest BCUT2D eigenvalue weighted by Crippen LogP contribution is 2.21. The summed E-state index contributed by atoms with van der Waals surface area (Å²) >= 11 is 5.29. The minimum atomic E-state index is 1.01. The molecule has 4 heteroatoms. The van der Waals surface area contributed by atoms with Gasteiger partial charge in [-0.1, -0.05) is 6.07 Å². The molecule has 2 nitrogen and oxygen atoms in total. The lowest BCUT2D eigenvalue weighted by molar-refractivity contribution is 0.684. The van der Waals surface area contributed by atoms with Crippen LogP contribution in [0.2, 0.25) is 0 Å². The van der Waals surface area contributed by atoms with Crippen LogP contribution in [0.25, 0.3) is 0 Å². The number of nitrogens with zero attached hydrogens (tertiary/aromatic N) is 1. The van der Waals surface area contributed by atoms with Crippen LogP contribution in [0.4, 0.5) is 0 Å². The first-order chi connectivity index (χ1) is 8.34. The molecule has 90 valence electrons. The van der Waals surface area contributed by atoms with E-state index < -0.39 is 0 Å². The van der Waals surface area contributed by atoms with Crippen molar-refractivity contribution in [2.75, 3.05) is 13.1 Å². The number of thiophene rings is 1. The van der Waals surface area contributed by atoms with Crippen molar-refractivity contribution in [1.82, 2.24) is 10.3 Å². The molecule has 0 bridgehead atoms. The summed E-state index contributed by atoms with van der Waals surface area (Å²) in [6, 6.07) is 8.39. The van der Waals surface area contributed by atoms with Gasteiger partial charge in [-0.3, -0.25) is 4.98 Å². The van der Waals surface area contributed by atoms with E-state index in [1.54, 1.807) is 0 Å². The van der Waals surface area contributed by atoms with Crippen LogP contribution < -0.4 is 5.32 Å². The molecule has 17 heavy (non-hydrogen) atoms. The number of hydrogen-bond acceptors (Lipinski definition) is 3. The molecule has 0 aliphatic rings. The number of halogens is 1. The molecule has 0 spiro atoms. The highest BCUT2D eigenvalue weighted by atomic mass is 79.9. The minimum absolute atomic E-state index is 1.01. The Bertz CT molecular complexity index is 442. The van der Waals surface area contributed by atoms with Crippen molar-refractivity contribution in [3.63, 3.8) is 0 Å². The predicted octanol–water partition coefficient (Wildman–Crippen LogP) is 3.28. The summed E-state index contributed by atoms with van der Waals surface area (Å²) in [4.78, 5) is 5.52. The molecular weight excluding hydrogens is 296 g/mol. The first-order valence-corrected chi connectivity index (χ1v) is 7.29. The lowest BCUT2D eigenvalue weighted by atomic mass is 10.2. The van der Waals surface area contributed by atoms with Crippen LogP contribution in [0.15, 0.2) is 40.4 Å². The number of pyridine rings is 1. The molecule has 0 aliphatic heterocycles. The highest BCUT2D eigenvalue weighted by Gasteiger charge is 1.97. The van der Waals surface area contributed by atoms with E-state index in [0.29, 0.717) is 0 Å². The van der Waals surface area contributed by atoms with E-state index in [1.165, 1.54) is 14.2 Å². The topological polar surface area (TPSA) is 24.9 Å². The van der Waals surface area contributed by atoms with Gasteiger partial charge in [0.2, 0.25) is 0 Å². The number of aromatic nitrogens is 1. The van der Waals surface area contributed by atoms with E-state index in [4.69, 9.17) is 0 Å². The molecule has 2 heterocycles. The third-order valence-corrected chi connectivity index (χ3v) is 4.17. The molecular formula is C13H15BrN2S. The van der Waals surface area contributed by atoms with Gasteiger partial charge >= 0.3 is 0 Å². The van der Waals surface area contributed by atoms with Crippen molar-refractivity contribution in [1.29, 1.82) is 0 Å². The SMILES string of the molecule is Brc1ccc(CCNCCc2cccnc2)s1. The predicted molar refractivity (Wildman–Crippen MR) is 76.5 cm³/mol. The fourth-order valence-corrected chi connectivity index (χ4v) is 3.08. The fraction of sp³-hybridized carbons (Fsp3) is 0.308. The van der Waals surface area contributed by atoms with E-state index in [2.05, 4.69) is 44.4 Å². The van der Waals surface area contributed by atoms with Crippen LogP contribution in [0, 0.1) is 0 Å². The normalized spacial score (nSPS) is 10.6. The van der Waals surface area contributed by atoms with Gasteiger partial charge in [0, 0.05) is 17.3 Å². The first-order valence-electron chi connectivity index (χ1n) is 5.68. The molecule has 0 amide bonds. The van der Waals surface area contributed by atoms with Gasteiger partial charge in [0.05, 0.1) is 3.79 Å². The maximum Gasteiger partial charge on any atom is 0.0701 e. The zero-order valence-corrected chi connectivity index (χ0v) is 11.9. The number of hydrogen-bond donors (Lipinski definition) is 1. The molecule has 0 saturated carbocycles. The molecule has 0 radical (unpaired) electrons. The summed E-state index contributed by atoms with van der Waals surface area (Å²) in [5, 5.41) is 3.46. The molecule has 2 aromatic rings. The smallest absolute Gasteiger partial charge is 0.0701 e. The Morgan fingerprint density at radius 3 is 2.76 bits per heavy atom. The van der Waals surface area contributed by atoms with Gasteiger partial charge in [-0.25, -0.2) is 0 Å². The average Bonchev–Trinajstić information content (AvgIpc) is 2.76. The molecule has 0 aromatic carbocycles. The Hall–Kier alpha value is -0.710. The third-order valence-electron chi connectivity index (χ3n) is 2.49. The van der Waals surface area contributed by atoms with Gasteiger partial charge in [0.25, 0.3) is 0 Å². The van der Waals surface area contributed by atoms with Gasteiger partial charge in [-0.05, 0) is 65.6 Å². The van der Waals surface area contributed by atoms with Crippen LogP contribution in [0.3, 0.4) is 0 Å².